The molecular weight excluding hydrogens is 344 g/mol. The Hall–Kier alpha value is -3.45. The van der Waals surface area contributed by atoms with Crippen LogP contribution in [0.2, 0.25) is 0 Å². The van der Waals surface area contributed by atoms with Gasteiger partial charge in [0.25, 0.3) is 0 Å². The number of allylic oxidation sites excluding steroid dienone is 2. The number of rotatable bonds is 2. The van der Waals surface area contributed by atoms with Crippen LogP contribution in [0.1, 0.15) is 30.5 Å². The van der Waals surface area contributed by atoms with Gasteiger partial charge in [0.15, 0.2) is 0 Å². The molecule has 4 nitrogen and oxygen atoms in total. The molecule has 28 heavy (non-hydrogen) atoms. The lowest BCUT2D eigenvalue weighted by Crippen LogP contribution is -2.04. The van der Waals surface area contributed by atoms with Crippen LogP contribution >= 0.6 is 0 Å². The zero-order valence-electron chi connectivity index (χ0n) is 15.8. The van der Waals surface area contributed by atoms with Crippen LogP contribution in [0.4, 0.5) is 0 Å². The maximum atomic E-state index is 9.18. The molecule has 0 radical (unpaired) electrons. The van der Waals surface area contributed by atoms with Crippen LogP contribution in [0.25, 0.3) is 33.1 Å². The summed E-state index contributed by atoms with van der Waals surface area (Å²) in [6.07, 6.45) is 8.87. The van der Waals surface area contributed by atoms with E-state index in [1.165, 1.54) is 11.1 Å². The Morgan fingerprint density at radius 3 is 2.89 bits per heavy atom. The second-order valence-corrected chi connectivity index (χ2v) is 7.46. The number of hydrogen-bond donors (Lipinski definition) is 0. The molecule has 4 aromatic rings. The summed E-state index contributed by atoms with van der Waals surface area (Å²) in [5, 5.41) is 14.9. The molecule has 0 N–H and O–H groups in total. The predicted molar refractivity (Wildman–Crippen MR) is 112 cm³/mol. The number of fused-ring (bicyclic) bond motifs is 2. The van der Waals surface area contributed by atoms with Crippen molar-refractivity contribution in [2.75, 3.05) is 0 Å². The zero-order valence-corrected chi connectivity index (χ0v) is 15.8. The number of hydrogen-bond acceptors (Lipinski definition) is 3. The summed E-state index contributed by atoms with van der Waals surface area (Å²) in [5.41, 5.74) is 7.97. The molecule has 3 aromatic heterocycles. The number of nitriles is 1. The number of benzene rings is 1. The van der Waals surface area contributed by atoms with Crippen LogP contribution in [0.5, 0.6) is 0 Å². The Morgan fingerprint density at radius 1 is 1.14 bits per heavy atom. The van der Waals surface area contributed by atoms with E-state index in [4.69, 9.17) is 0 Å². The van der Waals surface area contributed by atoms with Gasteiger partial charge in [-0.1, -0.05) is 24.3 Å². The number of aryl methyl sites for hydroxylation is 1. The maximum Gasteiger partial charge on any atom is 0.0815 e. The fourth-order valence-corrected chi connectivity index (χ4v) is 4.10. The smallest absolute Gasteiger partial charge is 0.0815 e. The topological polar surface area (TPSA) is 54.0 Å². The predicted octanol–water partition coefficient (Wildman–Crippen LogP) is 5.57. The lowest BCUT2D eigenvalue weighted by Gasteiger charge is -2.18. The first-order valence-corrected chi connectivity index (χ1v) is 9.66. The number of nitrogens with zero attached hydrogens (tertiary/aromatic N) is 4. The molecule has 0 spiro atoms. The van der Waals surface area contributed by atoms with E-state index < -0.39 is 0 Å². The quantitative estimate of drug-likeness (QED) is 0.467. The molecule has 1 aliphatic carbocycles. The van der Waals surface area contributed by atoms with Crippen LogP contribution in [0.15, 0.2) is 60.9 Å². The van der Waals surface area contributed by atoms with E-state index in [2.05, 4.69) is 52.6 Å². The molecule has 0 saturated heterocycles. The molecule has 0 fully saturated rings. The molecule has 0 amide bonds. The first-order chi connectivity index (χ1) is 13.7. The summed E-state index contributed by atoms with van der Waals surface area (Å²) in [6, 6.07) is 17.2. The summed E-state index contributed by atoms with van der Waals surface area (Å²) in [6.45, 7) is 2.01. The Kier molecular flexibility index (Phi) is 3.95. The zero-order chi connectivity index (χ0) is 19.1. The van der Waals surface area contributed by atoms with Crippen molar-refractivity contribution in [3.63, 3.8) is 0 Å². The summed E-state index contributed by atoms with van der Waals surface area (Å²) < 4.78 is 1.96. The highest BCUT2D eigenvalue weighted by atomic mass is 15.2. The second kappa shape index (κ2) is 6.61. The largest absolute Gasteiger partial charge is 0.253 e. The average molecular weight is 364 g/mol. The minimum atomic E-state index is 0.143. The molecule has 1 atom stereocenters. The van der Waals surface area contributed by atoms with Crippen molar-refractivity contribution in [3.8, 4) is 17.2 Å². The van der Waals surface area contributed by atoms with Crippen molar-refractivity contribution in [1.29, 1.82) is 5.26 Å². The van der Waals surface area contributed by atoms with Crippen LogP contribution in [0, 0.1) is 24.2 Å². The third-order valence-electron chi connectivity index (χ3n) is 5.62. The summed E-state index contributed by atoms with van der Waals surface area (Å²) in [5.74, 6) is 0.143. The summed E-state index contributed by atoms with van der Waals surface area (Å²) >= 11 is 0. The number of pyridine rings is 2. The van der Waals surface area contributed by atoms with Crippen molar-refractivity contribution in [3.05, 3.63) is 72.2 Å². The Balaban J connectivity index is 1.66. The highest BCUT2D eigenvalue weighted by Gasteiger charge is 2.19. The monoisotopic (exact) mass is 364 g/mol. The molecule has 0 saturated carbocycles. The minimum absolute atomic E-state index is 0.143. The Bertz CT molecular complexity index is 1270. The van der Waals surface area contributed by atoms with E-state index in [-0.39, 0.29) is 5.92 Å². The van der Waals surface area contributed by atoms with Crippen LogP contribution in [0.3, 0.4) is 0 Å². The van der Waals surface area contributed by atoms with Gasteiger partial charge in [-0.15, -0.1) is 0 Å². The maximum absolute atomic E-state index is 9.18. The molecule has 1 unspecified atom stereocenters. The molecule has 3 heterocycles. The molecule has 136 valence electrons. The molecule has 1 aromatic carbocycles. The van der Waals surface area contributed by atoms with Gasteiger partial charge in [-0.05, 0) is 61.6 Å². The Morgan fingerprint density at radius 2 is 2.07 bits per heavy atom. The van der Waals surface area contributed by atoms with E-state index in [1.54, 1.807) is 0 Å². The average Bonchev–Trinajstić information content (AvgIpc) is 3.18. The third kappa shape index (κ3) is 2.76. The lowest BCUT2D eigenvalue weighted by molar-refractivity contribution is 0.604. The van der Waals surface area contributed by atoms with E-state index in [0.29, 0.717) is 0 Å². The number of aromatic nitrogens is 3. The molecule has 0 aliphatic heterocycles. The van der Waals surface area contributed by atoms with Gasteiger partial charge >= 0.3 is 0 Å². The summed E-state index contributed by atoms with van der Waals surface area (Å²) in [4.78, 5) is 4.61. The van der Waals surface area contributed by atoms with Crippen LogP contribution in [-0.2, 0) is 0 Å². The highest BCUT2D eigenvalue weighted by Crippen LogP contribution is 2.36. The molecule has 0 bridgehead atoms. The molecule has 4 heteroatoms. The van der Waals surface area contributed by atoms with E-state index >= 15 is 0 Å². The lowest BCUT2D eigenvalue weighted by atomic mass is 9.86. The van der Waals surface area contributed by atoms with Gasteiger partial charge in [-0.3, -0.25) is 4.98 Å². The van der Waals surface area contributed by atoms with Crippen molar-refractivity contribution in [2.24, 2.45) is 5.92 Å². The minimum Gasteiger partial charge on any atom is -0.253 e. The van der Waals surface area contributed by atoms with E-state index in [9.17, 15) is 5.26 Å². The van der Waals surface area contributed by atoms with Gasteiger partial charge in [-0.25, -0.2) is 4.52 Å². The fraction of sp³-hybridized carbons (Fsp3) is 0.208. The highest BCUT2D eigenvalue weighted by molar-refractivity contribution is 5.93. The molecular formula is C24H20N4. The van der Waals surface area contributed by atoms with Crippen molar-refractivity contribution < 1.29 is 0 Å². The van der Waals surface area contributed by atoms with E-state index in [1.807, 2.05) is 36.0 Å². The van der Waals surface area contributed by atoms with Crippen molar-refractivity contribution >= 4 is 22.0 Å². The third-order valence-corrected chi connectivity index (χ3v) is 5.62. The van der Waals surface area contributed by atoms with Crippen LogP contribution in [-0.4, -0.2) is 14.6 Å². The van der Waals surface area contributed by atoms with E-state index in [0.717, 1.165) is 52.5 Å². The first kappa shape index (κ1) is 16.7. The normalized spacial score (nSPS) is 16.9. The first-order valence-electron chi connectivity index (χ1n) is 9.66. The van der Waals surface area contributed by atoms with Crippen molar-refractivity contribution in [2.45, 2.75) is 26.2 Å². The molecule has 5 rings (SSSR count). The fourth-order valence-electron chi connectivity index (χ4n) is 4.10. The van der Waals surface area contributed by atoms with Crippen molar-refractivity contribution in [1.82, 2.24) is 14.6 Å². The standard InChI is InChI=1S/C24H20N4/c1-16-4-7-20-13-19(10-11-23(20)27-16)22-15-26-28-12-2-3-21(24(22)28)18-8-5-17(14-25)6-9-18/h2-4,7-8,10-13,15,17H,5-6,9H2,1H3. The van der Waals surface area contributed by atoms with Gasteiger partial charge in [-0.2, -0.15) is 10.4 Å². The van der Waals surface area contributed by atoms with Crippen LogP contribution < -0.4 is 0 Å². The van der Waals surface area contributed by atoms with Gasteiger partial charge in [0, 0.05) is 28.4 Å². The van der Waals surface area contributed by atoms with Gasteiger partial charge in [0.1, 0.15) is 0 Å². The summed E-state index contributed by atoms with van der Waals surface area (Å²) in [7, 11) is 0. The van der Waals surface area contributed by atoms with Gasteiger partial charge < -0.3 is 0 Å². The second-order valence-electron chi connectivity index (χ2n) is 7.46. The Labute approximate surface area is 163 Å². The molecule has 1 aliphatic rings. The van der Waals surface area contributed by atoms with Gasteiger partial charge in [0.05, 0.1) is 29.2 Å². The van der Waals surface area contributed by atoms with Gasteiger partial charge in [0.2, 0.25) is 0 Å². The SMILES string of the molecule is Cc1ccc2cc(-c3cnn4cccc(C5=CCC(C#N)CC5)c34)ccc2n1.